The van der Waals surface area contributed by atoms with E-state index < -0.39 is 0 Å². The van der Waals surface area contributed by atoms with Gasteiger partial charge in [-0.3, -0.25) is 4.79 Å². The fraction of sp³-hybridized carbons (Fsp3) is 0.400. The number of carbonyl (C=O) groups is 1. The van der Waals surface area contributed by atoms with Gasteiger partial charge in [0.05, 0.1) is 23.7 Å². The molecule has 1 aliphatic heterocycles. The van der Waals surface area contributed by atoms with Crippen molar-refractivity contribution in [1.82, 2.24) is 24.7 Å². The van der Waals surface area contributed by atoms with Crippen molar-refractivity contribution < 1.29 is 9.53 Å². The van der Waals surface area contributed by atoms with Gasteiger partial charge in [0.2, 0.25) is 11.1 Å². The summed E-state index contributed by atoms with van der Waals surface area (Å²) in [6, 6.07) is 12.0. The Bertz CT molecular complexity index is 978. The van der Waals surface area contributed by atoms with Crippen LogP contribution in [0, 0.1) is 6.92 Å². The van der Waals surface area contributed by atoms with Crippen LogP contribution in [-0.4, -0.2) is 61.7 Å². The molecule has 28 heavy (non-hydrogen) atoms. The van der Waals surface area contributed by atoms with Gasteiger partial charge in [-0.15, -0.1) is 10.2 Å². The Morgan fingerprint density at radius 2 is 1.82 bits per heavy atom. The highest BCUT2D eigenvalue weighted by Gasteiger charge is 2.26. The minimum Gasteiger partial charge on any atom is -0.372 e. The molecule has 0 bridgehead atoms. The molecule has 1 amide bonds. The van der Waals surface area contributed by atoms with Crippen LogP contribution < -0.4 is 0 Å². The van der Waals surface area contributed by atoms with E-state index in [9.17, 15) is 4.79 Å². The molecule has 1 saturated heterocycles. The van der Waals surface area contributed by atoms with Crippen molar-refractivity contribution in [1.29, 1.82) is 0 Å². The molecule has 4 rings (SSSR count). The zero-order valence-electron chi connectivity index (χ0n) is 16.2. The van der Waals surface area contributed by atoms with Gasteiger partial charge in [-0.1, -0.05) is 41.6 Å². The summed E-state index contributed by atoms with van der Waals surface area (Å²) in [4.78, 5) is 14.5. The first-order valence-electron chi connectivity index (χ1n) is 9.35. The monoisotopic (exact) mass is 397 g/mol. The maximum atomic E-state index is 12.6. The molecule has 0 radical (unpaired) electrons. The number of carbonyl (C=O) groups excluding carboxylic acids is 1. The number of amides is 1. The number of rotatable bonds is 4. The Labute approximate surface area is 168 Å². The molecule has 0 N–H and O–H groups in total. The number of nitrogens with zero attached hydrogens (tertiary/aromatic N) is 5. The quantitative estimate of drug-likeness (QED) is 0.631. The molecule has 3 aromatic rings. The maximum absolute atomic E-state index is 12.6. The summed E-state index contributed by atoms with van der Waals surface area (Å²) in [6.07, 6.45) is 0.121. The van der Waals surface area contributed by atoms with Crippen molar-refractivity contribution in [2.24, 2.45) is 0 Å². The van der Waals surface area contributed by atoms with Gasteiger partial charge in [0.15, 0.2) is 5.65 Å². The summed E-state index contributed by atoms with van der Waals surface area (Å²) in [5.74, 6) is 0.384. The van der Waals surface area contributed by atoms with E-state index >= 15 is 0 Å². The highest BCUT2D eigenvalue weighted by atomic mass is 32.2. The van der Waals surface area contributed by atoms with E-state index in [2.05, 4.69) is 34.4 Å². The molecule has 2 aromatic heterocycles. The Kier molecular flexibility index (Phi) is 5.32. The lowest BCUT2D eigenvalue weighted by Gasteiger charge is -2.35. The molecule has 8 heteroatoms. The van der Waals surface area contributed by atoms with E-state index in [4.69, 9.17) is 4.74 Å². The third-order valence-electron chi connectivity index (χ3n) is 4.68. The van der Waals surface area contributed by atoms with Gasteiger partial charge < -0.3 is 9.64 Å². The summed E-state index contributed by atoms with van der Waals surface area (Å²) < 4.78 is 7.41. The van der Waals surface area contributed by atoms with Gasteiger partial charge in [0, 0.05) is 18.7 Å². The smallest absolute Gasteiger partial charge is 0.233 e. The first kappa shape index (κ1) is 18.9. The van der Waals surface area contributed by atoms with E-state index in [1.54, 1.807) is 4.52 Å². The zero-order chi connectivity index (χ0) is 19.7. The number of benzene rings is 1. The van der Waals surface area contributed by atoms with Gasteiger partial charge in [0.1, 0.15) is 0 Å². The predicted molar refractivity (Wildman–Crippen MR) is 108 cm³/mol. The molecule has 0 saturated carbocycles. The van der Waals surface area contributed by atoms with Crippen LogP contribution in [0.2, 0.25) is 0 Å². The Hall–Kier alpha value is -2.45. The first-order chi connectivity index (χ1) is 13.5. The molecule has 3 heterocycles. The summed E-state index contributed by atoms with van der Waals surface area (Å²) in [6.45, 7) is 7.29. The van der Waals surface area contributed by atoms with Gasteiger partial charge in [-0.25, -0.2) is 0 Å². The lowest BCUT2D eigenvalue weighted by atomic mass is 10.1. The summed E-state index contributed by atoms with van der Waals surface area (Å²) in [5, 5.41) is 13.7. The van der Waals surface area contributed by atoms with Crippen molar-refractivity contribution in [2.75, 3.05) is 18.8 Å². The van der Waals surface area contributed by atoms with Gasteiger partial charge in [0.25, 0.3) is 0 Å². The van der Waals surface area contributed by atoms with Crippen LogP contribution in [-0.2, 0) is 9.53 Å². The largest absolute Gasteiger partial charge is 0.372 e. The highest BCUT2D eigenvalue weighted by molar-refractivity contribution is 7.99. The number of aryl methyl sites for hydroxylation is 1. The molecule has 0 spiro atoms. The molecule has 1 aromatic carbocycles. The molecule has 0 aliphatic carbocycles. The summed E-state index contributed by atoms with van der Waals surface area (Å²) >= 11 is 1.36. The first-order valence-corrected chi connectivity index (χ1v) is 10.3. The van der Waals surface area contributed by atoms with E-state index in [1.807, 2.05) is 43.0 Å². The molecule has 2 atom stereocenters. The van der Waals surface area contributed by atoms with Crippen LogP contribution in [0.25, 0.3) is 16.9 Å². The van der Waals surface area contributed by atoms with E-state index in [0.717, 1.165) is 11.3 Å². The van der Waals surface area contributed by atoms with Crippen molar-refractivity contribution >= 4 is 23.3 Å². The Morgan fingerprint density at radius 3 is 2.54 bits per heavy atom. The second-order valence-electron chi connectivity index (χ2n) is 7.18. The molecular formula is C20H23N5O2S. The summed E-state index contributed by atoms with van der Waals surface area (Å²) in [7, 11) is 0. The molecule has 7 nitrogen and oxygen atoms in total. The van der Waals surface area contributed by atoms with E-state index in [-0.39, 0.29) is 18.1 Å². The SMILES string of the molecule is Cc1ccc(-c2ccc3nnc(SCC(=O)N4CC(C)OC(C)C4)n3n2)cc1. The third kappa shape index (κ3) is 4.02. The number of fused-ring (bicyclic) bond motifs is 1. The number of thioether (sulfide) groups is 1. The third-order valence-corrected chi connectivity index (χ3v) is 5.58. The average molecular weight is 398 g/mol. The van der Waals surface area contributed by atoms with Crippen LogP contribution in [0.15, 0.2) is 41.6 Å². The van der Waals surface area contributed by atoms with Gasteiger partial charge in [-0.2, -0.15) is 9.61 Å². The molecule has 1 aliphatic rings. The van der Waals surface area contributed by atoms with Crippen LogP contribution >= 0.6 is 11.8 Å². The molecule has 2 unspecified atom stereocenters. The number of ether oxygens (including phenoxy) is 1. The molecule has 146 valence electrons. The summed E-state index contributed by atoms with van der Waals surface area (Å²) in [5.41, 5.74) is 3.75. The standard InChI is InChI=1S/C20H23N5O2S/c1-13-4-6-16(7-5-13)17-8-9-18-21-22-20(25(18)23-17)28-12-19(26)24-10-14(2)27-15(3)11-24/h4-9,14-15H,10-12H2,1-3H3. The van der Waals surface area contributed by atoms with Crippen LogP contribution in [0.4, 0.5) is 0 Å². The van der Waals surface area contributed by atoms with Crippen molar-refractivity contribution in [2.45, 2.75) is 38.1 Å². The maximum Gasteiger partial charge on any atom is 0.233 e. The molecule has 1 fully saturated rings. The van der Waals surface area contributed by atoms with Gasteiger partial charge >= 0.3 is 0 Å². The second kappa shape index (κ2) is 7.89. The zero-order valence-corrected chi connectivity index (χ0v) is 17.0. The topological polar surface area (TPSA) is 72.6 Å². The van der Waals surface area contributed by atoms with Crippen molar-refractivity contribution in [3.63, 3.8) is 0 Å². The fourth-order valence-corrected chi connectivity index (χ4v) is 4.13. The second-order valence-corrected chi connectivity index (χ2v) is 8.12. The Morgan fingerprint density at radius 1 is 1.11 bits per heavy atom. The number of morpholine rings is 1. The van der Waals surface area contributed by atoms with Crippen LogP contribution in [0.1, 0.15) is 19.4 Å². The lowest BCUT2D eigenvalue weighted by molar-refractivity contribution is -0.140. The Balaban J connectivity index is 1.50. The fourth-order valence-electron chi connectivity index (χ4n) is 3.34. The predicted octanol–water partition coefficient (Wildman–Crippen LogP) is 2.83. The normalized spacial score (nSPS) is 19.9. The number of aromatic nitrogens is 4. The highest BCUT2D eigenvalue weighted by Crippen LogP contribution is 2.22. The van der Waals surface area contributed by atoms with Gasteiger partial charge in [-0.05, 0) is 32.9 Å². The minimum atomic E-state index is 0.0605. The van der Waals surface area contributed by atoms with Crippen LogP contribution in [0.5, 0.6) is 0 Å². The lowest BCUT2D eigenvalue weighted by Crippen LogP contribution is -2.48. The van der Waals surface area contributed by atoms with E-state index in [0.29, 0.717) is 29.6 Å². The molecular weight excluding hydrogens is 374 g/mol. The number of hydrogen-bond donors (Lipinski definition) is 0. The van der Waals surface area contributed by atoms with Crippen molar-refractivity contribution in [3.05, 3.63) is 42.0 Å². The average Bonchev–Trinajstić information content (AvgIpc) is 3.08. The van der Waals surface area contributed by atoms with Crippen molar-refractivity contribution in [3.8, 4) is 11.3 Å². The number of hydrogen-bond acceptors (Lipinski definition) is 6. The minimum absolute atomic E-state index is 0.0605. The van der Waals surface area contributed by atoms with Crippen LogP contribution in [0.3, 0.4) is 0 Å². The van der Waals surface area contributed by atoms with E-state index in [1.165, 1.54) is 17.3 Å².